The van der Waals surface area contributed by atoms with E-state index in [1.54, 1.807) is 6.20 Å². The number of piperazine rings is 1. The third kappa shape index (κ3) is 2.59. The maximum absolute atomic E-state index is 10.4. The zero-order chi connectivity index (χ0) is 14.1. The minimum absolute atomic E-state index is 0.254. The summed E-state index contributed by atoms with van der Waals surface area (Å²) in [4.78, 5) is 8.89. The molecule has 1 aliphatic heterocycles. The number of nitrogens with zero attached hydrogens (tertiary/aromatic N) is 3. The van der Waals surface area contributed by atoms with E-state index in [-0.39, 0.29) is 5.75 Å². The van der Waals surface area contributed by atoms with Gasteiger partial charge in [-0.3, -0.25) is 9.88 Å². The van der Waals surface area contributed by atoms with Crippen LogP contribution in [-0.4, -0.2) is 53.1 Å². The first-order valence-electron chi connectivity index (χ1n) is 6.81. The highest BCUT2D eigenvalue weighted by Crippen LogP contribution is 2.33. The Kier molecular flexibility index (Phi) is 3.78. The molecule has 1 N–H and O–H groups in total. The number of likely N-dealkylation sites (N-methyl/N-ethyl adjacent to an activating group) is 1. The van der Waals surface area contributed by atoms with Crippen molar-refractivity contribution in [2.75, 3.05) is 33.2 Å². The minimum atomic E-state index is 0.254. The number of pyridine rings is 1. The fourth-order valence-electron chi connectivity index (χ4n) is 2.61. The molecule has 1 aromatic carbocycles. The van der Waals surface area contributed by atoms with E-state index < -0.39 is 0 Å². The molecule has 0 amide bonds. The first kappa shape index (κ1) is 13.6. The molecule has 1 aromatic heterocycles. The van der Waals surface area contributed by atoms with Gasteiger partial charge >= 0.3 is 0 Å². The molecular formula is C15H18ClN3O. The Hall–Kier alpha value is -1.36. The van der Waals surface area contributed by atoms with Gasteiger partial charge in [0.05, 0.1) is 5.02 Å². The molecule has 0 aliphatic carbocycles. The lowest BCUT2D eigenvalue weighted by Crippen LogP contribution is -2.43. The Morgan fingerprint density at radius 3 is 2.80 bits per heavy atom. The van der Waals surface area contributed by atoms with Crippen LogP contribution in [0.5, 0.6) is 5.75 Å². The van der Waals surface area contributed by atoms with Crippen molar-refractivity contribution in [1.82, 2.24) is 14.8 Å². The molecule has 0 saturated carbocycles. The van der Waals surface area contributed by atoms with Gasteiger partial charge in [-0.1, -0.05) is 11.6 Å². The zero-order valence-corrected chi connectivity index (χ0v) is 12.3. The normalized spacial score (nSPS) is 17.7. The molecule has 0 bridgehead atoms. The number of fused-ring (bicyclic) bond motifs is 1. The Labute approximate surface area is 123 Å². The second-order valence-corrected chi connectivity index (χ2v) is 5.75. The molecule has 1 fully saturated rings. The molecular weight excluding hydrogens is 274 g/mol. The summed E-state index contributed by atoms with van der Waals surface area (Å²) in [6.45, 7) is 4.84. The van der Waals surface area contributed by atoms with Crippen molar-refractivity contribution in [3.05, 3.63) is 35.0 Å². The molecule has 20 heavy (non-hydrogen) atoms. The maximum Gasteiger partial charge on any atom is 0.146 e. The number of phenols is 1. The van der Waals surface area contributed by atoms with Gasteiger partial charge in [0, 0.05) is 49.9 Å². The number of phenolic OH excluding ortho intramolecular Hbond substituents is 1. The van der Waals surface area contributed by atoms with Gasteiger partial charge in [-0.25, -0.2) is 0 Å². The van der Waals surface area contributed by atoms with Gasteiger partial charge in [-0.15, -0.1) is 0 Å². The number of aromatic hydroxyl groups is 1. The molecule has 3 rings (SSSR count). The predicted molar refractivity (Wildman–Crippen MR) is 81.2 cm³/mol. The number of halogens is 1. The van der Waals surface area contributed by atoms with Crippen molar-refractivity contribution in [1.29, 1.82) is 0 Å². The molecule has 0 spiro atoms. The molecule has 5 heteroatoms. The van der Waals surface area contributed by atoms with Crippen LogP contribution >= 0.6 is 11.6 Å². The third-order valence-corrected chi connectivity index (χ3v) is 4.20. The number of aromatic nitrogens is 1. The van der Waals surface area contributed by atoms with Gasteiger partial charge in [-0.2, -0.15) is 0 Å². The van der Waals surface area contributed by atoms with E-state index in [9.17, 15) is 5.11 Å². The van der Waals surface area contributed by atoms with Crippen LogP contribution in [0.25, 0.3) is 10.9 Å². The monoisotopic (exact) mass is 291 g/mol. The highest BCUT2D eigenvalue weighted by atomic mass is 35.5. The molecule has 2 heterocycles. The van der Waals surface area contributed by atoms with Crippen molar-refractivity contribution in [2.24, 2.45) is 0 Å². The van der Waals surface area contributed by atoms with Crippen LogP contribution < -0.4 is 0 Å². The van der Waals surface area contributed by atoms with Gasteiger partial charge in [0.25, 0.3) is 0 Å². The van der Waals surface area contributed by atoms with Crippen LogP contribution in [0.3, 0.4) is 0 Å². The second-order valence-electron chi connectivity index (χ2n) is 5.35. The number of hydrogen-bond acceptors (Lipinski definition) is 4. The van der Waals surface area contributed by atoms with E-state index >= 15 is 0 Å². The molecule has 1 aliphatic rings. The minimum Gasteiger partial charge on any atom is -0.505 e. The summed E-state index contributed by atoms with van der Waals surface area (Å²) >= 11 is 6.30. The van der Waals surface area contributed by atoms with E-state index in [1.807, 2.05) is 18.2 Å². The highest BCUT2D eigenvalue weighted by Gasteiger charge is 2.17. The third-order valence-electron chi connectivity index (χ3n) is 3.88. The van der Waals surface area contributed by atoms with Crippen molar-refractivity contribution < 1.29 is 5.11 Å². The topological polar surface area (TPSA) is 39.6 Å². The summed E-state index contributed by atoms with van der Waals surface area (Å²) < 4.78 is 0. The average molecular weight is 292 g/mol. The second kappa shape index (κ2) is 5.56. The van der Waals surface area contributed by atoms with Crippen LogP contribution in [0, 0.1) is 0 Å². The van der Waals surface area contributed by atoms with Gasteiger partial charge in [-0.05, 0) is 25.2 Å². The Balaban J connectivity index is 1.90. The molecule has 0 radical (unpaired) electrons. The Morgan fingerprint density at radius 1 is 1.30 bits per heavy atom. The van der Waals surface area contributed by atoms with Crippen LogP contribution in [0.1, 0.15) is 5.56 Å². The van der Waals surface area contributed by atoms with Crippen molar-refractivity contribution in [3.8, 4) is 5.75 Å². The Morgan fingerprint density at radius 2 is 2.05 bits per heavy atom. The largest absolute Gasteiger partial charge is 0.505 e. The van der Waals surface area contributed by atoms with Gasteiger partial charge in [0.15, 0.2) is 0 Å². The van der Waals surface area contributed by atoms with Crippen LogP contribution in [0.15, 0.2) is 24.4 Å². The van der Waals surface area contributed by atoms with Crippen LogP contribution in [0.4, 0.5) is 0 Å². The standard InChI is InChI=1S/C15H18ClN3O/c1-18-5-7-19(8-6-18)10-11-9-13(16)12-3-2-4-17-14(12)15(11)20/h2-4,9,20H,5-8,10H2,1H3. The predicted octanol–water partition coefficient (Wildman–Crippen LogP) is 2.34. The van der Waals surface area contributed by atoms with Crippen LogP contribution in [-0.2, 0) is 6.54 Å². The molecule has 106 valence electrons. The van der Waals surface area contributed by atoms with E-state index in [0.717, 1.165) is 37.1 Å². The van der Waals surface area contributed by atoms with Gasteiger partial charge in [0.1, 0.15) is 11.3 Å². The zero-order valence-electron chi connectivity index (χ0n) is 11.5. The summed E-state index contributed by atoms with van der Waals surface area (Å²) in [6, 6.07) is 5.57. The maximum atomic E-state index is 10.4. The molecule has 2 aromatic rings. The fourth-order valence-corrected chi connectivity index (χ4v) is 2.89. The van der Waals surface area contributed by atoms with Crippen molar-refractivity contribution >= 4 is 22.5 Å². The number of benzene rings is 1. The summed E-state index contributed by atoms with van der Waals surface area (Å²) in [5.41, 5.74) is 1.44. The lowest BCUT2D eigenvalue weighted by molar-refractivity contribution is 0.147. The van der Waals surface area contributed by atoms with E-state index in [0.29, 0.717) is 17.1 Å². The Bertz CT molecular complexity index is 624. The van der Waals surface area contributed by atoms with E-state index in [2.05, 4.69) is 21.8 Å². The summed E-state index contributed by atoms with van der Waals surface area (Å²) in [6.07, 6.45) is 1.68. The van der Waals surface area contributed by atoms with E-state index in [4.69, 9.17) is 11.6 Å². The summed E-state index contributed by atoms with van der Waals surface area (Å²) in [5.74, 6) is 0.254. The number of rotatable bonds is 2. The summed E-state index contributed by atoms with van der Waals surface area (Å²) in [7, 11) is 2.13. The smallest absolute Gasteiger partial charge is 0.146 e. The van der Waals surface area contributed by atoms with Crippen LogP contribution in [0.2, 0.25) is 5.02 Å². The highest BCUT2D eigenvalue weighted by molar-refractivity contribution is 6.35. The molecule has 0 atom stereocenters. The first-order chi connectivity index (χ1) is 9.65. The lowest BCUT2D eigenvalue weighted by atomic mass is 10.1. The lowest BCUT2D eigenvalue weighted by Gasteiger charge is -2.32. The summed E-state index contributed by atoms with van der Waals surface area (Å²) in [5, 5.41) is 11.8. The van der Waals surface area contributed by atoms with Gasteiger partial charge < -0.3 is 10.0 Å². The number of hydrogen-bond donors (Lipinski definition) is 1. The molecule has 0 unspecified atom stereocenters. The van der Waals surface area contributed by atoms with Gasteiger partial charge in [0.2, 0.25) is 0 Å². The quantitative estimate of drug-likeness (QED) is 0.922. The van der Waals surface area contributed by atoms with E-state index in [1.165, 1.54) is 0 Å². The molecule has 1 saturated heterocycles. The first-order valence-corrected chi connectivity index (χ1v) is 7.19. The molecule has 4 nitrogen and oxygen atoms in total. The average Bonchev–Trinajstić information content (AvgIpc) is 2.47. The SMILES string of the molecule is CN1CCN(Cc2cc(Cl)c3cccnc3c2O)CC1. The van der Waals surface area contributed by atoms with Crippen molar-refractivity contribution in [2.45, 2.75) is 6.54 Å². The fraction of sp³-hybridized carbons (Fsp3) is 0.400. The van der Waals surface area contributed by atoms with Crippen molar-refractivity contribution in [3.63, 3.8) is 0 Å².